The number of hydrogen-bond donors (Lipinski definition) is 1. The van der Waals surface area contributed by atoms with Crippen LogP contribution in [0.2, 0.25) is 0 Å². The number of rotatable bonds is 4. The highest BCUT2D eigenvalue weighted by Gasteiger charge is 2.27. The van der Waals surface area contributed by atoms with Gasteiger partial charge in [0, 0.05) is 12.6 Å². The maximum atomic E-state index is 12.7. The number of nitrogens with one attached hydrogen (secondary N) is 1. The van der Waals surface area contributed by atoms with Gasteiger partial charge in [0.05, 0.1) is 10.6 Å². The van der Waals surface area contributed by atoms with Crippen LogP contribution in [0.5, 0.6) is 11.6 Å². The van der Waals surface area contributed by atoms with Gasteiger partial charge in [-0.05, 0) is 36.6 Å². The van der Waals surface area contributed by atoms with Crippen LogP contribution in [0.4, 0.5) is 5.13 Å². The van der Waals surface area contributed by atoms with Gasteiger partial charge in [-0.1, -0.05) is 36.5 Å². The molecule has 0 aliphatic heterocycles. The Morgan fingerprint density at radius 3 is 2.81 bits per heavy atom. The van der Waals surface area contributed by atoms with Gasteiger partial charge in [0.15, 0.2) is 10.9 Å². The summed E-state index contributed by atoms with van der Waals surface area (Å²) in [6.07, 6.45) is 2.85. The van der Waals surface area contributed by atoms with Gasteiger partial charge in [0.2, 0.25) is 5.88 Å². The summed E-state index contributed by atoms with van der Waals surface area (Å²) < 4.78 is 5.74. The number of benzene rings is 1. The minimum atomic E-state index is -0.374. The third-order valence-corrected chi connectivity index (χ3v) is 5.27. The van der Waals surface area contributed by atoms with E-state index in [0.717, 1.165) is 12.1 Å². The van der Waals surface area contributed by atoms with Gasteiger partial charge in [-0.2, -0.15) is 0 Å². The highest BCUT2D eigenvalue weighted by Crippen LogP contribution is 2.32. The van der Waals surface area contributed by atoms with Gasteiger partial charge in [0.1, 0.15) is 11.3 Å². The number of carbonyl (C=O) groups is 2. The fraction of sp³-hybridized carbons (Fsp3) is 0.200. The number of fused-ring (bicyclic) bond motifs is 1. The van der Waals surface area contributed by atoms with Gasteiger partial charge in [-0.25, -0.2) is 9.97 Å². The van der Waals surface area contributed by atoms with E-state index in [0.29, 0.717) is 27.7 Å². The normalized spacial score (nSPS) is 15.9. The Bertz CT molecular complexity index is 1000. The first-order valence-electron chi connectivity index (χ1n) is 8.62. The molecule has 0 bridgehead atoms. The van der Waals surface area contributed by atoms with Crippen molar-refractivity contribution in [2.75, 3.05) is 5.32 Å². The molecule has 1 unspecified atom stereocenters. The zero-order valence-electron chi connectivity index (χ0n) is 14.6. The number of carbonyl (C=O) groups excluding carboxylic acids is 2. The van der Waals surface area contributed by atoms with Gasteiger partial charge in [0.25, 0.3) is 5.91 Å². The molecule has 0 fully saturated rings. The second-order valence-corrected chi connectivity index (χ2v) is 7.46. The van der Waals surface area contributed by atoms with Crippen molar-refractivity contribution in [3.8, 4) is 11.6 Å². The Morgan fingerprint density at radius 1 is 1.19 bits per heavy atom. The number of nitrogens with zero attached hydrogens (tertiary/aromatic N) is 2. The molecule has 1 N–H and O–H groups in total. The van der Waals surface area contributed by atoms with Crippen LogP contribution >= 0.6 is 11.3 Å². The largest absolute Gasteiger partial charge is 0.438 e. The summed E-state index contributed by atoms with van der Waals surface area (Å²) in [5.74, 6) is 0.804. The summed E-state index contributed by atoms with van der Waals surface area (Å²) in [7, 11) is 0. The third kappa shape index (κ3) is 3.73. The van der Waals surface area contributed by atoms with Gasteiger partial charge < -0.3 is 4.74 Å². The van der Waals surface area contributed by atoms with Crippen LogP contribution in [0.3, 0.4) is 0 Å². The maximum Gasteiger partial charge on any atom is 0.262 e. The molecule has 1 aliphatic rings. The molecule has 0 radical (unpaired) electrons. The van der Waals surface area contributed by atoms with Crippen LogP contribution in [0, 0.1) is 5.92 Å². The van der Waals surface area contributed by atoms with Crippen LogP contribution in [0.1, 0.15) is 39.1 Å². The van der Waals surface area contributed by atoms with E-state index in [1.807, 2.05) is 25.1 Å². The Labute approximate surface area is 160 Å². The molecule has 1 atom stereocenters. The van der Waals surface area contributed by atoms with E-state index >= 15 is 0 Å². The number of Topliss-reactive ketones (excluding diaryl/α,β-unsaturated/α-hetero) is 1. The lowest BCUT2D eigenvalue weighted by Crippen LogP contribution is -2.16. The van der Waals surface area contributed by atoms with Crippen molar-refractivity contribution in [1.82, 2.24) is 9.97 Å². The van der Waals surface area contributed by atoms with Crippen molar-refractivity contribution < 1.29 is 14.3 Å². The number of pyridine rings is 1. The number of ketones is 1. The lowest BCUT2D eigenvalue weighted by molar-refractivity contribution is 0.0956. The molecule has 0 saturated heterocycles. The molecule has 6 nitrogen and oxygen atoms in total. The van der Waals surface area contributed by atoms with Crippen LogP contribution < -0.4 is 10.1 Å². The fourth-order valence-electron chi connectivity index (χ4n) is 2.98. The monoisotopic (exact) mass is 379 g/mol. The molecule has 7 heteroatoms. The molecule has 1 amide bonds. The highest BCUT2D eigenvalue weighted by atomic mass is 32.1. The maximum absolute atomic E-state index is 12.7. The molecule has 2 heterocycles. The molecular weight excluding hydrogens is 362 g/mol. The molecule has 4 rings (SSSR count). The molecule has 1 aliphatic carbocycles. The van der Waals surface area contributed by atoms with Gasteiger partial charge in [-0.3, -0.25) is 14.9 Å². The average molecular weight is 379 g/mol. The second kappa shape index (κ2) is 7.28. The minimum Gasteiger partial charge on any atom is -0.438 e. The molecule has 0 saturated carbocycles. The van der Waals surface area contributed by atoms with Crippen molar-refractivity contribution >= 4 is 28.2 Å². The number of para-hydroxylation sites is 1. The number of thiazole rings is 1. The zero-order chi connectivity index (χ0) is 18.8. The average Bonchev–Trinajstić information content (AvgIpc) is 3.05. The van der Waals surface area contributed by atoms with Crippen molar-refractivity contribution in [2.45, 2.75) is 19.8 Å². The number of amides is 1. The summed E-state index contributed by atoms with van der Waals surface area (Å²) in [6.45, 7) is 2.03. The van der Waals surface area contributed by atoms with Crippen LogP contribution in [-0.4, -0.2) is 21.7 Å². The lowest BCUT2D eigenvalue weighted by atomic mass is 9.92. The van der Waals surface area contributed by atoms with E-state index in [4.69, 9.17) is 4.74 Å². The predicted octanol–water partition coefficient (Wildman–Crippen LogP) is 4.35. The Balaban J connectivity index is 1.56. The number of hydrogen-bond acceptors (Lipinski definition) is 6. The van der Waals surface area contributed by atoms with Crippen molar-refractivity contribution in [3.05, 3.63) is 64.8 Å². The molecule has 1 aromatic carbocycles. The molecule has 3 aromatic rings. The second-order valence-electron chi connectivity index (χ2n) is 6.46. The summed E-state index contributed by atoms with van der Waals surface area (Å²) in [6, 6.07) is 12.5. The Morgan fingerprint density at radius 2 is 2.00 bits per heavy atom. The minimum absolute atomic E-state index is 0.0937. The first-order valence-corrected chi connectivity index (χ1v) is 9.44. The van der Waals surface area contributed by atoms with E-state index in [1.165, 1.54) is 11.3 Å². The summed E-state index contributed by atoms with van der Waals surface area (Å²) in [5, 5.41) is 3.19. The van der Waals surface area contributed by atoms with E-state index in [9.17, 15) is 9.59 Å². The van der Waals surface area contributed by atoms with Crippen LogP contribution in [0.15, 0.2) is 48.7 Å². The predicted molar refractivity (Wildman–Crippen MR) is 103 cm³/mol. The summed E-state index contributed by atoms with van der Waals surface area (Å²) in [5.41, 5.74) is 1.07. The number of anilines is 1. The number of aromatic nitrogens is 2. The molecule has 27 heavy (non-hydrogen) atoms. The van der Waals surface area contributed by atoms with Crippen molar-refractivity contribution in [2.24, 2.45) is 5.92 Å². The third-order valence-electron chi connectivity index (χ3n) is 4.22. The Hall–Kier alpha value is -3.06. The Kier molecular flexibility index (Phi) is 4.68. The zero-order valence-corrected chi connectivity index (χ0v) is 15.5. The molecule has 2 aromatic heterocycles. The van der Waals surface area contributed by atoms with Crippen LogP contribution in [-0.2, 0) is 6.42 Å². The molecule has 136 valence electrons. The van der Waals surface area contributed by atoms with Gasteiger partial charge >= 0.3 is 0 Å². The van der Waals surface area contributed by atoms with E-state index in [1.54, 1.807) is 30.5 Å². The van der Waals surface area contributed by atoms with E-state index in [2.05, 4.69) is 15.3 Å². The standard InChI is InChI=1S/C20H17N3O3S/c1-12-10-15-17(16(24)11-12)27-20(22-15)23-18(25)14-8-5-9-21-19(14)26-13-6-3-2-4-7-13/h2-9,12H,10-11H2,1H3,(H,22,23,25). The smallest absolute Gasteiger partial charge is 0.262 e. The summed E-state index contributed by atoms with van der Waals surface area (Å²) >= 11 is 1.22. The van der Waals surface area contributed by atoms with Crippen LogP contribution in [0.25, 0.3) is 0 Å². The molecular formula is C20H17N3O3S. The first kappa shape index (κ1) is 17.4. The lowest BCUT2D eigenvalue weighted by Gasteiger charge is -2.14. The van der Waals surface area contributed by atoms with Crippen molar-refractivity contribution in [3.63, 3.8) is 0 Å². The SMILES string of the molecule is CC1CC(=O)c2sc(NC(=O)c3cccnc3Oc3ccccc3)nc2C1. The topological polar surface area (TPSA) is 81.2 Å². The van der Waals surface area contributed by atoms with E-state index in [-0.39, 0.29) is 23.5 Å². The quantitative estimate of drug-likeness (QED) is 0.729. The first-order chi connectivity index (χ1) is 13.1. The van der Waals surface area contributed by atoms with Gasteiger partial charge in [-0.15, -0.1) is 0 Å². The van der Waals surface area contributed by atoms with E-state index < -0.39 is 0 Å². The summed E-state index contributed by atoms with van der Waals surface area (Å²) in [4.78, 5) is 34.1. The molecule has 0 spiro atoms. The fourth-order valence-corrected chi connectivity index (χ4v) is 3.92. The van der Waals surface area contributed by atoms with Crippen molar-refractivity contribution in [1.29, 1.82) is 0 Å². The highest BCUT2D eigenvalue weighted by molar-refractivity contribution is 7.17. The number of ether oxygens (including phenoxy) is 1.